The molecule has 1 saturated heterocycles. The minimum Gasteiger partial charge on any atom is -0.496 e. The summed E-state index contributed by atoms with van der Waals surface area (Å²) in [6, 6.07) is 5.04. The van der Waals surface area contributed by atoms with E-state index < -0.39 is 9.84 Å². The number of nitrogens with zero attached hydrogens (tertiary/aromatic N) is 1. The third-order valence-electron chi connectivity index (χ3n) is 3.28. The van der Waals surface area contributed by atoms with Gasteiger partial charge in [-0.2, -0.15) is 0 Å². The summed E-state index contributed by atoms with van der Waals surface area (Å²) in [5.74, 6) is 0.742. The minimum atomic E-state index is -3.18. The van der Waals surface area contributed by atoms with E-state index in [2.05, 4.69) is 10.2 Å². The lowest BCUT2D eigenvalue weighted by Crippen LogP contribution is -2.42. The van der Waals surface area contributed by atoms with Gasteiger partial charge in [0.15, 0.2) is 9.84 Å². The van der Waals surface area contributed by atoms with Crippen LogP contribution in [0.4, 0.5) is 0 Å². The number of ether oxygens (including phenoxy) is 1. The molecule has 106 valence electrons. The fourth-order valence-electron chi connectivity index (χ4n) is 2.22. The average Bonchev–Trinajstić information content (AvgIpc) is 2.39. The number of rotatable bonds is 4. The molecule has 0 bridgehead atoms. The van der Waals surface area contributed by atoms with Gasteiger partial charge in [0.2, 0.25) is 0 Å². The molecule has 0 radical (unpaired) electrons. The van der Waals surface area contributed by atoms with Gasteiger partial charge >= 0.3 is 0 Å². The normalized spacial score (nSPS) is 17.4. The molecule has 0 amide bonds. The van der Waals surface area contributed by atoms with Gasteiger partial charge in [-0.25, -0.2) is 8.42 Å². The molecule has 0 aliphatic carbocycles. The number of sulfone groups is 1. The number of hydrogen-bond donors (Lipinski definition) is 1. The maximum atomic E-state index is 11.6. The molecule has 1 aromatic carbocycles. The van der Waals surface area contributed by atoms with Crippen LogP contribution >= 0.6 is 0 Å². The Balaban J connectivity index is 2.25. The first-order valence-corrected chi connectivity index (χ1v) is 8.20. The Morgan fingerprint density at radius 3 is 2.58 bits per heavy atom. The number of hydrogen-bond acceptors (Lipinski definition) is 5. The summed E-state index contributed by atoms with van der Waals surface area (Å²) in [6.45, 7) is 4.58. The molecule has 1 fully saturated rings. The Morgan fingerprint density at radius 1 is 1.32 bits per heavy atom. The lowest BCUT2D eigenvalue weighted by molar-refractivity contribution is 0.230. The predicted octanol–water partition coefficient (Wildman–Crippen LogP) is 0.504. The van der Waals surface area contributed by atoms with E-state index in [4.69, 9.17) is 4.74 Å². The summed E-state index contributed by atoms with van der Waals surface area (Å²) < 4.78 is 28.5. The molecule has 19 heavy (non-hydrogen) atoms. The summed E-state index contributed by atoms with van der Waals surface area (Å²) in [4.78, 5) is 2.64. The largest absolute Gasteiger partial charge is 0.496 e. The Kier molecular flexibility index (Phi) is 4.44. The van der Waals surface area contributed by atoms with Crippen molar-refractivity contribution in [1.29, 1.82) is 0 Å². The zero-order chi connectivity index (χ0) is 13.9. The topological polar surface area (TPSA) is 58.6 Å². The van der Waals surface area contributed by atoms with Crippen molar-refractivity contribution in [2.45, 2.75) is 11.4 Å². The van der Waals surface area contributed by atoms with Crippen LogP contribution in [0, 0.1) is 0 Å². The van der Waals surface area contributed by atoms with Crippen LogP contribution in [0.2, 0.25) is 0 Å². The molecule has 1 aliphatic rings. The van der Waals surface area contributed by atoms with Gasteiger partial charge in [-0.1, -0.05) is 0 Å². The van der Waals surface area contributed by atoms with Gasteiger partial charge in [0, 0.05) is 44.5 Å². The van der Waals surface area contributed by atoms with Gasteiger partial charge in [0.25, 0.3) is 0 Å². The Labute approximate surface area is 114 Å². The monoisotopic (exact) mass is 284 g/mol. The maximum Gasteiger partial charge on any atom is 0.175 e. The van der Waals surface area contributed by atoms with Crippen LogP contribution in [0.1, 0.15) is 5.56 Å². The van der Waals surface area contributed by atoms with Gasteiger partial charge in [-0.05, 0) is 18.2 Å². The van der Waals surface area contributed by atoms with Gasteiger partial charge in [0.1, 0.15) is 5.75 Å². The van der Waals surface area contributed by atoms with E-state index in [1.807, 2.05) is 0 Å². The van der Waals surface area contributed by atoms with E-state index in [0.717, 1.165) is 37.5 Å². The van der Waals surface area contributed by atoms with Crippen LogP contribution in [0.25, 0.3) is 0 Å². The molecule has 1 aromatic rings. The fourth-order valence-corrected chi connectivity index (χ4v) is 2.89. The molecule has 2 rings (SSSR count). The van der Waals surface area contributed by atoms with Crippen molar-refractivity contribution in [1.82, 2.24) is 10.2 Å². The summed E-state index contributed by atoms with van der Waals surface area (Å²) in [7, 11) is -1.57. The van der Waals surface area contributed by atoms with Gasteiger partial charge in [0.05, 0.1) is 12.0 Å². The van der Waals surface area contributed by atoms with Crippen molar-refractivity contribution in [3.05, 3.63) is 23.8 Å². The van der Waals surface area contributed by atoms with Crippen LogP contribution in [-0.2, 0) is 16.4 Å². The molecule has 1 N–H and O–H groups in total. The number of methoxy groups -OCH3 is 1. The van der Waals surface area contributed by atoms with E-state index in [1.165, 1.54) is 6.26 Å². The zero-order valence-corrected chi connectivity index (χ0v) is 12.2. The molecule has 0 atom stereocenters. The quantitative estimate of drug-likeness (QED) is 0.873. The molecule has 6 heteroatoms. The van der Waals surface area contributed by atoms with Crippen LogP contribution in [0.3, 0.4) is 0 Å². The average molecular weight is 284 g/mol. The highest BCUT2D eigenvalue weighted by molar-refractivity contribution is 7.90. The Morgan fingerprint density at radius 2 is 2.00 bits per heavy atom. The van der Waals surface area contributed by atoms with Gasteiger partial charge in [-0.15, -0.1) is 0 Å². The second-order valence-electron chi connectivity index (χ2n) is 4.77. The molecule has 1 aliphatic heterocycles. The van der Waals surface area contributed by atoms with E-state index in [1.54, 1.807) is 25.3 Å². The molecule has 0 saturated carbocycles. The SMILES string of the molecule is COc1ccc(S(C)(=O)=O)cc1CN1CCNCC1. The second kappa shape index (κ2) is 5.90. The summed E-state index contributed by atoms with van der Waals surface area (Å²) >= 11 is 0. The second-order valence-corrected chi connectivity index (χ2v) is 6.79. The van der Waals surface area contributed by atoms with Gasteiger partial charge < -0.3 is 10.1 Å². The number of nitrogens with one attached hydrogen (secondary N) is 1. The molecular formula is C13H20N2O3S. The molecule has 0 unspecified atom stereocenters. The van der Waals surface area contributed by atoms with Crippen molar-refractivity contribution in [2.24, 2.45) is 0 Å². The smallest absolute Gasteiger partial charge is 0.175 e. The van der Waals surface area contributed by atoms with E-state index in [9.17, 15) is 8.42 Å². The molecule has 5 nitrogen and oxygen atoms in total. The summed E-state index contributed by atoms with van der Waals surface area (Å²) in [5, 5.41) is 3.30. The third-order valence-corrected chi connectivity index (χ3v) is 4.39. The lowest BCUT2D eigenvalue weighted by atomic mass is 10.1. The number of piperazine rings is 1. The maximum absolute atomic E-state index is 11.6. The Hall–Kier alpha value is -1.11. The first-order chi connectivity index (χ1) is 9.00. The van der Waals surface area contributed by atoms with Crippen LogP contribution in [-0.4, -0.2) is 52.9 Å². The van der Waals surface area contributed by atoms with Crippen LogP contribution < -0.4 is 10.1 Å². The van der Waals surface area contributed by atoms with E-state index in [-0.39, 0.29) is 0 Å². The van der Waals surface area contributed by atoms with Crippen LogP contribution in [0.15, 0.2) is 23.1 Å². The highest BCUT2D eigenvalue weighted by atomic mass is 32.2. The van der Waals surface area contributed by atoms with Crippen molar-refractivity contribution in [3.63, 3.8) is 0 Å². The van der Waals surface area contributed by atoms with Crippen molar-refractivity contribution in [3.8, 4) is 5.75 Å². The zero-order valence-electron chi connectivity index (χ0n) is 11.3. The molecule has 0 spiro atoms. The first kappa shape index (κ1) is 14.3. The molecule has 0 aromatic heterocycles. The van der Waals surface area contributed by atoms with Crippen molar-refractivity contribution >= 4 is 9.84 Å². The fraction of sp³-hybridized carbons (Fsp3) is 0.538. The standard InChI is InChI=1S/C13H20N2O3S/c1-18-13-4-3-12(19(2,16)17)9-11(13)10-15-7-5-14-6-8-15/h3-4,9,14H,5-8,10H2,1-2H3. The summed E-state index contributed by atoms with van der Waals surface area (Å²) in [5.41, 5.74) is 0.923. The first-order valence-electron chi connectivity index (χ1n) is 6.31. The predicted molar refractivity (Wildman–Crippen MR) is 74.3 cm³/mol. The van der Waals surface area contributed by atoms with E-state index >= 15 is 0 Å². The third kappa shape index (κ3) is 3.68. The highest BCUT2D eigenvalue weighted by Crippen LogP contribution is 2.24. The summed E-state index contributed by atoms with van der Waals surface area (Å²) in [6.07, 6.45) is 1.23. The van der Waals surface area contributed by atoms with Crippen molar-refractivity contribution < 1.29 is 13.2 Å². The van der Waals surface area contributed by atoms with Crippen molar-refractivity contribution in [2.75, 3.05) is 39.5 Å². The lowest BCUT2D eigenvalue weighted by Gasteiger charge is -2.27. The number of benzene rings is 1. The molecular weight excluding hydrogens is 264 g/mol. The Bertz CT molecular complexity index is 537. The van der Waals surface area contributed by atoms with E-state index in [0.29, 0.717) is 11.4 Å². The molecule has 1 heterocycles. The highest BCUT2D eigenvalue weighted by Gasteiger charge is 2.15. The minimum absolute atomic E-state index is 0.346. The van der Waals surface area contributed by atoms with Gasteiger partial charge in [-0.3, -0.25) is 4.90 Å². The van der Waals surface area contributed by atoms with Crippen LogP contribution in [0.5, 0.6) is 5.75 Å².